The Bertz CT molecular complexity index is 625. The van der Waals surface area contributed by atoms with Crippen molar-refractivity contribution in [1.82, 2.24) is 4.98 Å². The van der Waals surface area contributed by atoms with Crippen LogP contribution in [0.1, 0.15) is 18.2 Å². The summed E-state index contributed by atoms with van der Waals surface area (Å²) < 4.78 is 0. The molecular formula is C16H20ClN3. The molecule has 0 atom stereocenters. The van der Waals surface area contributed by atoms with Crippen LogP contribution in [0.3, 0.4) is 0 Å². The molecule has 0 bridgehead atoms. The molecule has 0 radical (unpaired) electrons. The SMILES string of the molecule is CCc1nc(N)ccc1-c1cccc2c1N(C)CC2.Cl. The minimum Gasteiger partial charge on any atom is -0.384 e. The molecule has 0 saturated heterocycles. The number of pyridine rings is 1. The molecule has 4 heteroatoms. The van der Waals surface area contributed by atoms with E-state index in [9.17, 15) is 0 Å². The van der Waals surface area contributed by atoms with Crippen LogP contribution in [0.5, 0.6) is 0 Å². The van der Waals surface area contributed by atoms with E-state index in [2.05, 4.69) is 48.1 Å². The lowest BCUT2D eigenvalue weighted by Crippen LogP contribution is -2.13. The molecule has 0 saturated carbocycles. The summed E-state index contributed by atoms with van der Waals surface area (Å²) in [6.45, 7) is 3.22. The van der Waals surface area contributed by atoms with Gasteiger partial charge in [-0.05, 0) is 30.5 Å². The molecule has 1 aliphatic heterocycles. The number of nitrogens with zero attached hydrogens (tertiary/aromatic N) is 2. The van der Waals surface area contributed by atoms with E-state index in [-0.39, 0.29) is 12.4 Å². The lowest BCUT2D eigenvalue weighted by Gasteiger charge is -2.18. The van der Waals surface area contributed by atoms with Gasteiger partial charge in [0.2, 0.25) is 0 Å². The molecular weight excluding hydrogens is 270 g/mol. The first kappa shape index (κ1) is 14.7. The van der Waals surface area contributed by atoms with Crippen molar-refractivity contribution < 1.29 is 0 Å². The Morgan fingerprint density at radius 1 is 1.20 bits per heavy atom. The number of nitrogen functional groups attached to an aromatic ring is 1. The highest BCUT2D eigenvalue weighted by Gasteiger charge is 2.21. The number of rotatable bonds is 2. The minimum absolute atomic E-state index is 0. The van der Waals surface area contributed by atoms with Crippen molar-refractivity contribution in [2.24, 2.45) is 0 Å². The van der Waals surface area contributed by atoms with Gasteiger partial charge in [-0.1, -0.05) is 25.1 Å². The van der Waals surface area contributed by atoms with Gasteiger partial charge in [-0.15, -0.1) is 12.4 Å². The van der Waals surface area contributed by atoms with Crippen LogP contribution in [0.15, 0.2) is 30.3 Å². The zero-order valence-electron chi connectivity index (χ0n) is 11.9. The Morgan fingerprint density at radius 2 is 2.00 bits per heavy atom. The normalized spacial score (nSPS) is 13.0. The lowest BCUT2D eigenvalue weighted by atomic mass is 9.98. The van der Waals surface area contributed by atoms with Crippen LogP contribution in [0.25, 0.3) is 11.1 Å². The summed E-state index contributed by atoms with van der Waals surface area (Å²) in [4.78, 5) is 6.81. The Kier molecular flexibility index (Phi) is 4.19. The van der Waals surface area contributed by atoms with E-state index in [1.54, 1.807) is 0 Å². The summed E-state index contributed by atoms with van der Waals surface area (Å²) in [7, 11) is 2.16. The smallest absolute Gasteiger partial charge is 0.123 e. The average Bonchev–Trinajstić information content (AvgIpc) is 2.81. The van der Waals surface area contributed by atoms with E-state index < -0.39 is 0 Å². The fourth-order valence-corrected chi connectivity index (χ4v) is 2.89. The highest BCUT2D eigenvalue weighted by atomic mass is 35.5. The third-order valence-electron chi connectivity index (χ3n) is 3.84. The molecule has 0 unspecified atom stereocenters. The van der Waals surface area contributed by atoms with Crippen LogP contribution in [0, 0.1) is 0 Å². The number of likely N-dealkylation sites (N-methyl/N-ethyl adjacent to an activating group) is 1. The van der Waals surface area contributed by atoms with Crippen molar-refractivity contribution in [3.63, 3.8) is 0 Å². The van der Waals surface area contributed by atoms with Crippen molar-refractivity contribution in [1.29, 1.82) is 0 Å². The number of nitrogens with two attached hydrogens (primary N) is 1. The Hall–Kier alpha value is -1.74. The summed E-state index contributed by atoms with van der Waals surface area (Å²) in [5.74, 6) is 0.599. The Balaban J connectivity index is 0.00000147. The van der Waals surface area contributed by atoms with E-state index >= 15 is 0 Å². The maximum absolute atomic E-state index is 5.80. The van der Waals surface area contributed by atoms with Gasteiger partial charge in [-0.25, -0.2) is 4.98 Å². The van der Waals surface area contributed by atoms with Crippen molar-refractivity contribution in [3.8, 4) is 11.1 Å². The first-order chi connectivity index (χ1) is 9.20. The number of anilines is 2. The number of fused-ring (bicyclic) bond motifs is 1. The topological polar surface area (TPSA) is 42.1 Å². The molecule has 1 aromatic carbocycles. The third kappa shape index (κ3) is 2.34. The van der Waals surface area contributed by atoms with Crippen molar-refractivity contribution in [2.45, 2.75) is 19.8 Å². The number of para-hydroxylation sites is 1. The minimum atomic E-state index is 0. The predicted octanol–water partition coefficient (Wildman–Crippen LogP) is 3.31. The quantitative estimate of drug-likeness (QED) is 0.922. The fraction of sp³-hybridized carbons (Fsp3) is 0.312. The summed E-state index contributed by atoms with van der Waals surface area (Å²) >= 11 is 0. The molecule has 3 rings (SSSR count). The number of aryl methyl sites for hydroxylation is 1. The number of halogens is 1. The second-order valence-corrected chi connectivity index (χ2v) is 5.07. The molecule has 3 nitrogen and oxygen atoms in total. The molecule has 0 aliphatic carbocycles. The Morgan fingerprint density at radius 3 is 2.75 bits per heavy atom. The van der Waals surface area contributed by atoms with Gasteiger partial charge in [-0.3, -0.25) is 0 Å². The van der Waals surface area contributed by atoms with E-state index in [0.29, 0.717) is 5.82 Å². The number of benzene rings is 1. The van der Waals surface area contributed by atoms with Gasteiger partial charge in [0, 0.05) is 30.4 Å². The van der Waals surface area contributed by atoms with Crippen LogP contribution in [-0.2, 0) is 12.8 Å². The number of hydrogen-bond donors (Lipinski definition) is 1. The molecule has 106 valence electrons. The standard InChI is InChI=1S/C16H19N3.ClH/c1-3-14-12(7-8-15(17)18-14)13-6-4-5-11-9-10-19(2)16(11)13;/h4-8H,3,9-10H2,1-2H3,(H2,17,18);1H. The third-order valence-corrected chi connectivity index (χ3v) is 3.84. The van der Waals surface area contributed by atoms with Gasteiger partial charge in [0.15, 0.2) is 0 Å². The van der Waals surface area contributed by atoms with Crippen molar-refractivity contribution >= 4 is 23.9 Å². The molecule has 20 heavy (non-hydrogen) atoms. The van der Waals surface area contributed by atoms with Crippen LogP contribution in [0.4, 0.5) is 11.5 Å². The molecule has 0 amide bonds. The fourth-order valence-electron chi connectivity index (χ4n) is 2.89. The highest BCUT2D eigenvalue weighted by Crippen LogP contribution is 2.38. The molecule has 2 heterocycles. The largest absolute Gasteiger partial charge is 0.384 e. The van der Waals surface area contributed by atoms with Crippen LogP contribution >= 0.6 is 12.4 Å². The lowest BCUT2D eigenvalue weighted by molar-refractivity contribution is 0.956. The van der Waals surface area contributed by atoms with Crippen LogP contribution in [-0.4, -0.2) is 18.6 Å². The second-order valence-electron chi connectivity index (χ2n) is 5.07. The van der Waals surface area contributed by atoms with E-state index in [4.69, 9.17) is 5.73 Å². The maximum Gasteiger partial charge on any atom is 0.123 e. The van der Waals surface area contributed by atoms with Gasteiger partial charge in [0.05, 0.1) is 5.69 Å². The predicted molar refractivity (Wildman–Crippen MR) is 87.7 cm³/mol. The van der Waals surface area contributed by atoms with Gasteiger partial charge in [0.1, 0.15) is 5.82 Å². The summed E-state index contributed by atoms with van der Waals surface area (Å²) in [5.41, 5.74) is 12.1. The van der Waals surface area contributed by atoms with E-state index in [0.717, 1.165) is 25.1 Å². The van der Waals surface area contributed by atoms with Crippen molar-refractivity contribution in [2.75, 3.05) is 24.2 Å². The first-order valence-corrected chi connectivity index (χ1v) is 6.79. The zero-order chi connectivity index (χ0) is 13.4. The summed E-state index contributed by atoms with van der Waals surface area (Å²) in [5, 5.41) is 0. The van der Waals surface area contributed by atoms with E-state index in [1.807, 2.05) is 6.07 Å². The van der Waals surface area contributed by atoms with Crippen LogP contribution in [0.2, 0.25) is 0 Å². The van der Waals surface area contributed by atoms with Crippen molar-refractivity contribution in [3.05, 3.63) is 41.6 Å². The molecule has 0 spiro atoms. The van der Waals surface area contributed by atoms with Gasteiger partial charge < -0.3 is 10.6 Å². The van der Waals surface area contributed by atoms with Gasteiger partial charge >= 0.3 is 0 Å². The molecule has 1 aliphatic rings. The second kappa shape index (κ2) is 5.71. The monoisotopic (exact) mass is 289 g/mol. The zero-order valence-corrected chi connectivity index (χ0v) is 12.7. The van der Waals surface area contributed by atoms with Crippen LogP contribution < -0.4 is 10.6 Å². The molecule has 1 aromatic heterocycles. The molecule has 2 aromatic rings. The summed E-state index contributed by atoms with van der Waals surface area (Å²) in [6, 6.07) is 10.5. The average molecular weight is 290 g/mol. The molecule has 2 N–H and O–H groups in total. The molecule has 0 fully saturated rings. The Labute approximate surface area is 126 Å². The maximum atomic E-state index is 5.80. The van der Waals surface area contributed by atoms with E-state index in [1.165, 1.54) is 22.4 Å². The first-order valence-electron chi connectivity index (χ1n) is 6.79. The number of hydrogen-bond acceptors (Lipinski definition) is 3. The van der Waals surface area contributed by atoms with Gasteiger partial charge in [-0.2, -0.15) is 0 Å². The number of aromatic nitrogens is 1. The van der Waals surface area contributed by atoms with Gasteiger partial charge in [0.25, 0.3) is 0 Å². The highest BCUT2D eigenvalue weighted by molar-refractivity contribution is 5.85. The summed E-state index contributed by atoms with van der Waals surface area (Å²) in [6.07, 6.45) is 2.03.